The van der Waals surface area contributed by atoms with E-state index in [2.05, 4.69) is 52.0 Å². The molecule has 4 heteroatoms. The normalized spacial score (nSPS) is 17.9. The quantitative estimate of drug-likeness (QED) is 0.936. The van der Waals surface area contributed by atoms with E-state index in [0.717, 1.165) is 31.9 Å². The van der Waals surface area contributed by atoms with Crippen LogP contribution in [0.1, 0.15) is 16.5 Å². The van der Waals surface area contributed by atoms with Gasteiger partial charge < -0.3 is 10.1 Å². The maximum absolute atomic E-state index is 5.26. The van der Waals surface area contributed by atoms with E-state index in [1.54, 1.807) is 7.11 Å². The van der Waals surface area contributed by atoms with Gasteiger partial charge in [0.1, 0.15) is 5.75 Å². The molecule has 0 amide bonds. The van der Waals surface area contributed by atoms with Gasteiger partial charge in [-0.1, -0.05) is 18.2 Å². The number of piperazine rings is 1. The lowest BCUT2D eigenvalue weighted by molar-refractivity contribution is 0.200. The van der Waals surface area contributed by atoms with E-state index in [9.17, 15) is 0 Å². The minimum Gasteiger partial charge on any atom is -0.497 e. The summed E-state index contributed by atoms with van der Waals surface area (Å²) in [6.45, 7) is 4.32. The van der Waals surface area contributed by atoms with Gasteiger partial charge in [-0.15, -0.1) is 11.3 Å². The van der Waals surface area contributed by atoms with E-state index in [-0.39, 0.29) is 0 Å². The molecule has 3 rings (SSSR count). The van der Waals surface area contributed by atoms with Gasteiger partial charge in [-0.3, -0.25) is 4.90 Å². The number of ether oxygens (including phenoxy) is 1. The lowest BCUT2D eigenvalue weighted by Gasteiger charge is -2.34. The van der Waals surface area contributed by atoms with Crippen molar-refractivity contribution >= 4 is 11.3 Å². The molecular formula is C16H20N2OS. The summed E-state index contributed by atoms with van der Waals surface area (Å²) in [5.41, 5.74) is 1.34. The second-order valence-electron chi connectivity index (χ2n) is 4.98. The molecule has 0 saturated carbocycles. The summed E-state index contributed by atoms with van der Waals surface area (Å²) in [7, 11) is 1.71. The summed E-state index contributed by atoms with van der Waals surface area (Å²) in [4.78, 5) is 3.97. The summed E-state index contributed by atoms with van der Waals surface area (Å²) in [5, 5.41) is 5.59. The van der Waals surface area contributed by atoms with Gasteiger partial charge in [-0.25, -0.2) is 0 Å². The van der Waals surface area contributed by atoms with Crippen molar-refractivity contribution in [1.29, 1.82) is 0 Å². The summed E-state index contributed by atoms with van der Waals surface area (Å²) in [5.74, 6) is 0.916. The molecule has 1 aromatic carbocycles. The maximum atomic E-state index is 5.26. The van der Waals surface area contributed by atoms with Gasteiger partial charge in [-0.05, 0) is 29.1 Å². The van der Waals surface area contributed by atoms with Crippen LogP contribution in [-0.4, -0.2) is 38.2 Å². The van der Waals surface area contributed by atoms with E-state index in [1.807, 2.05) is 11.3 Å². The predicted molar refractivity (Wildman–Crippen MR) is 83.6 cm³/mol. The Bertz CT molecular complexity index is 518. The van der Waals surface area contributed by atoms with Crippen LogP contribution in [0.4, 0.5) is 0 Å². The summed E-state index contributed by atoms with van der Waals surface area (Å²) < 4.78 is 5.26. The molecule has 20 heavy (non-hydrogen) atoms. The van der Waals surface area contributed by atoms with Gasteiger partial charge in [0, 0.05) is 31.1 Å². The monoisotopic (exact) mass is 288 g/mol. The summed E-state index contributed by atoms with van der Waals surface area (Å²) in [6.07, 6.45) is 0. The van der Waals surface area contributed by atoms with E-state index in [0.29, 0.717) is 6.04 Å². The van der Waals surface area contributed by atoms with Gasteiger partial charge in [-0.2, -0.15) is 0 Å². The molecule has 1 N–H and O–H groups in total. The fourth-order valence-electron chi connectivity index (χ4n) is 2.73. The topological polar surface area (TPSA) is 24.5 Å². The average molecular weight is 288 g/mol. The molecular weight excluding hydrogens is 268 g/mol. The predicted octanol–water partition coefficient (Wildman–Crippen LogP) is 2.75. The van der Waals surface area contributed by atoms with E-state index < -0.39 is 0 Å². The van der Waals surface area contributed by atoms with Crippen molar-refractivity contribution in [2.45, 2.75) is 6.04 Å². The number of thiophene rings is 1. The van der Waals surface area contributed by atoms with Crippen LogP contribution in [0.2, 0.25) is 0 Å². The molecule has 0 spiro atoms. The summed E-state index contributed by atoms with van der Waals surface area (Å²) >= 11 is 1.84. The third-order valence-corrected chi connectivity index (χ3v) is 4.69. The molecule has 0 aliphatic carbocycles. The Hall–Kier alpha value is -1.36. The zero-order valence-electron chi connectivity index (χ0n) is 11.7. The molecule has 1 saturated heterocycles. The van der Waals surface area contributed by atoms with Crippen molar-refractivity contribution in [1.82, 2.24) is 10.2 Å². The molecule has 2 aromatic rings. The van der Waals surface area contributed by atoms with E-state index in [4.69, 9.17) is 4.74 Å². The standard InChI is InChI=1S/C16H20N2OS/c1-19-14-6-4-13(5-7-14)16(15-3-2-12-20-15)18-10-8-17-9-11-18/h2-7,12,16-17H,8-11H2,1H3. The van der Waals surface area contributed by atoms with Crippen LogP contribution in [0.25, 0.3) is 0 Å². The van der Waals surface area contributed by atoms with Gasteiger partial charge in [0.15, 0.2) is 0 Å². The molecule has 1 aromatic heterocycles. The smallest absolute Gasteiger partial charge is 0.118 e. The Morgan fingerprint density at radius 1 is 1.15 bits per heavy atom. The minimum atomic E-state index is 0.364. The fourth-order valence-corrected chi connectivity index (χ4v) is 3.61. The lowest BCUT2D eigenvalue weighted by Crippen LogP contribution is -2.45. The SMILES string of the molecule is COc1ccc(C(c2cccs2)N2CCNCC2)cc1. The Balaban J connectivity index is 1.91. The molecule has 1 aliphatic rings. The minimum absolute atomic E-state index is 0.364. The Labute approximate surface area is 124 Å². The van der Waals surface area contributed by atoms with Crippen molar-refractivity contribution in [3.05, 3.63) is 52.2 Å². The van der Waals surface area contributed by atoms with Gasteiger partial charge >= 0.3 is 0 Å². The number of nitrogens with one attached hydrogen (secondary N) is 1. The number of hydrogen-bond donors (Lipinski definition) is 1. The molecule has 1 aliphatic heterocycles. The van der Waals surface area contributed by atoms with Crippen molar-refractivity contribution < 1.29 is 4.74 Å². The van der Waals surface area contributed by atoms with Crippen molar-refractivity contribution in [2.24, 2.45) is 0 Å². The largest absolute Gasteiger partial charge is 0.497 e. The van der Waals surface area contributed by atoms with Crippen LogP contribution in [-0.2, 0) is 0 Å². The molecule has 0 bridgehead atoms. The van der Waals surface area contributed by atoms with Crippen LogP contribution < -0.4 is 10.1 Å². The Morgan fingerprint density at radius 3 is 2.50 bits per heavy atom. The summed E-state index contributed by atoms with van der Waals surface area (Å²) in [6, 6.07) is 13.2. The molecule has 1 fully saturated rings. The fraction of sp³-hybridized carbons (Fsp3) is 0.375. The van der Waals surface area contributed by atoms with Crippen molar-refractivity contribution in [3.63, 3.8) is 0 Å². The third-order valence-electron chi connectivity index (χ3n) is 3.76. The van der Waals surface area contributed by atoms with E-state index >= 15 is 0 Å². The molecule has 1 unspecified atom stereocenters. The number of nitrogens with zero attached hydrogens (tertiary/aromatic N) is 1. The first-order valence-corrected chi connectivity index (χ1v) is 7.88. The number of rotatable bonds is 4. The highest BCUT2D eigenvalue weighted by Gasteiger charge is 2.24. The Kier molecular flexibility index (Phi) is 4.35. The molecule has 0 radical (unpaired) electrons. The van der Waals surface area contributed by atoms with Crippen LogP contribution in [0.15, 0.2) is 41.8 Å². The highest BCUT2D eigenvalue weighted by molar-refractivity contribution is 7.10. The Morgan fingerprint density at radius 2 is 1.90 bits per heavy atom. The average Bonchev–Trinajstić information content (AvgIpc) is 3.03. The van der Waals surface area contributed by atoms with Gasteiger partial charge in [0.05, 0.1) is 13.2 Å². The molecule has 3 nitrogen and oxygen atoms in total. The first kappa shape index (κ1) is 13.6. The highest BCUT2D eigenvalue weighted by atomic mass is 32.1. The van der Waals surface area contributed by atoms with Gasteiger partial charge in [0.2, 0.25) is 0 Å². The molecule has 106 valence electrons. The number of benzene rings is 1. The molecule has 2 heterocycles. The lowest BCUT2D eigenvalue weighted by atomic mass is 10.0. The maximum Gasteiger partial charge on any atom is 0.118 e. The zero-order chi connectivity index (χ0) is 13.8. The highest BCUT2D eigenvalue weighted by Crippen LogP contribution is 2.32. The van der Waals surface area contributed by atoms with Crippen LogP contribution in [0, 0.1) is 0 Å². The first-order valence-electron chi connectivity index (χ1n) is 7.00. The second kappa shape index (κ2) is 6.39. The second-order valence-corrected chi connectivity index (χ2v) is 5.96. The van der Waals surface area contributed by atoms with Crippen LogP contribution in [0.3, 0.4) is 0 Å². The molecule has 1 atom stereocenters. The van der Waals surface area contributed by atoms with E-state index in [1.165, 1.54) is 10.4 Å². The zero-order valence-corrected chi connectivity index (χ0v) is 12.5. The van der Waals surface area contributed by atoms with Crippen LogP contribution in [0.5, 0.6) is 5.75 Å². The third kappa shape index (κ3) is 2.87. The van der Waals surface area contributed by atoms with Crippen molar-refractivity contribution in [2.75, 3.05) is 33.3 Å². The number of methoxy groups -OCH3 is 1. The van der Waals surface area contributed by atoms with Gasteiger partial charge in [0.25, 0.3) is 0 Å². The van der Waals surface area contributed by atoms with Crippen LogP contribution >= 0.6 is 11.3 Å². The van der Waals surface area contributed by atoms with Crippen molar-refractivity contribution in [3.8, 4) is 5.75 Å². The number of hydrogen-bond acceptors (Lipinski definition) is 4. The first-order chi connectivity index (χ1) is 9.88.